The first kappa shape index (κ1) is 23.9. The van der Waals surface area contributed by atoms with Crippen LogP contribution in [0.1, 0.15) is 18.9 Å². The average Bonchev–Trinajstić information content (AvgIpc) is 3.40. The summed E-state index contributed by atoms with van der Waals surface area (Å²) in [5.74, 6) is -4.45. The molecule has 180 valence electrons. The number of nitrogens with two attached hydrogens (primary N) is 1. The lowest BCUT2D eigenvalue weighted by atomic mass is 10.0. The summed E-state index contributed by atoms with van der Waals surface area (Å²) in [6.07, 6.45) is 2.42. The number of carboxylic acid groups (broad SMARTS) is 1. The quantitative estimate of drug-likeness (QED) is 0.338. The van der Waals surface area contributed by atoms with Gasteiger partial charge in [-0.3, -0.25) is 0 Å². The molecule has 0 spiro atoms. The van der Waals surface area contributed by atoms with Crippen LogP contribution in [-0.4, -0.2) is 26.7 Å². The van der Waals surface area contributed by atoms with Crippen LogP contribution in [0, 0.1) is 11.6 Å². The molecule has 0 aliphatic heterocycles. The van der Waals surface area contributed by atoms with Crippen LogP contribution in [-0.2, 0) is 11.3 Å². The highest BCUT2D eigenvalue weighted by atomic mass is 19.1. The summed E-state index contributed by atoms with van der Waals surface area (Å²) in [5, 5.41) is 9.19. The average molecular weight is 479 g/mol. The Bertz CT molecular complexity index is 1340. The van der Waals surface area contributed by atoms with Gasteiger partial charge in [-0.05, 0) is 53.4 Å². The Labute approximate surface area is 200 Å². The van der Waals surface area contributed by atoms with Crippen molar-refractivity contribution in [2.45, 2.75) is 26.0 Å². The highest BCUT2D eigenvalue weighted by Gasteiger charge is 2.22. The van der Waals surface area contributed by atoms with Crippen LogP contribution in [0.2, 0.25) is 0 Å². The maximum Gasteiger partial charge on any atom is 0.344 e. The maximum absolute atomic E-state index is 14.6. The summed E-state index contributed by atoms with van der Waals surface area (Å²) >= 11 is 0. The van der Waals surface area contributed by atoms with Gasteiger partial charge in [0.25, 0.3) is 11.8 Å². The Balaban J connectivity index is 1.75. The molecule has 0 bridgehead atoms. The number of pyridine rings is 1. The molecular formula is C26H23F2N3O4. The molecule has 3 N–H and O–H groups in total. The number of rotatable bonds is 9. The van der Waals surface area contributed by atoms with Crippen LogP contribution in [0.4, 0.5) is 8.78 Å². The molecule has 2 aromatic heterocycles. The number of carbonyl (C=O) groups is 1. The summed E-state index contributed by atoms with van der Waals surface area (Å²) in [7, 11) is 0. The van der Waals surface area contributed by atoms with E-state index >= 15 is 0 Å². The van der Waals surface area contributed by atoms with Crippen molar-refractivity contribution in [2.24, 2.45) is 5.73 Å². The lowest BCUT2D eigenvalue weighted by molar-refractivity contribution is -0.145. The van der Waals surface area contributed by atoms with E-state index in [1.165, 1.54) is 0 Å². The molecule has 1 unspecified atom stereocenters. The summed E-state index contributed by atoms with van der Waals surface area (Å²) in [4.78, 5) is 15.0. The van der Waals surface area contributed by atoms with Gasteiger partial charge < -0.3 is 24.9 Å². The number of ether oxygens (including phenoxy) is 2. The fourth-order valence-corrected chi connectivity index (χ4v) is 3.49. The maximum atomic E-state index is 14.6. The predicted molar refractivity (Wildman–Crippen MR) is 126 cm³/mol. The summed E-state index contributed by atoms with van der Waals surface area (Å²) in [6, 6.07) is 17.2. The highest BCUT2D eigenvalue weighted by molar-refractivity contribution is 5.72. The second-order valence-electron chi connectivity index (χ2n) is 7.73. The van der Waals surface area contributed by atoms with Gasteiger partial charge in [0, 0.05) is 36.8 Å². The van der Waals surface area contributed by atoms with Gasteiger partial charge in [-0.1, -0.05) is 25.1 Å². The summed E-state index contributed by atoms with van der Waals surface area (Å²) in [5.41, 5.74) is 9.10. The largest absolute Gasteiger partial charge is 0.479 e. The molecule has 0 saturated heterocycles. The van der Waals surface area contributed by atoms with Gasteiger partial charge in [0.05, 0.1) is 0 Å². The van der Waals surface area contributed by atoms with E-state index in [2.05, 4.69) is 4.98 Å². The van der Waals surface area contributed by atoms with Gasteiger partial charge in [0.1, 0.15) is 5.75 Å². The van der Waals surface area contributed by atoms with E-state index in [0.717, 1.165) is 22.4 Å². The van der Waals surface area contributed by atoms with Gasteiger partial charge in [0.2, 0.25) is 0 Å². The fourth-order valence-electron chi connectivity index (χ4n) is 3.49. The molecular weight excluding hydrogens is 456 g/mol. The Morgan fingerprint density at radius 2 is 1.77 bits per heavy atom. The molecule has 0 aliphatic rings. The van der Waals surface area contributed by atoms with Crippen molar-refractivity contribution < 1.29 is 28.2 Å². The van der Waals surface area contributed by atoms with Gasteiger partial charge in [0.15, 0.2) is 17.7 Å². The Morgan fingerprint density at radius 1 is 1.03 bits per heavy atom. The van der Waals surface area contributed by atoms with Crippen LogP contribution in [0.15, 0.2) is 73.1 Å². The van der Waals surface area contributed by atoms with E-state index in [9.17, 15) is 18.7 Å². The topological polar surface area (TPSA) is 99.6 Å². The van der Waals surface area contributed by atoms with Crippen molar-refractivity contribution in [3.63, 3.8) is 0 Å². The summed E-state index contributed by atoms with van der Waals surface area (Å²) < 4.78 is 41.5. The summed E-state index contributed by atoms with van der Waals surface area (Å²) in [6.45, 7) is 1.93. The molecule has 0 amide bonds. The molecule has 7 nitrogen and oxygen atoms in total. The second-order valence-corrected chi connectivity index (χ2v) is 7.73. The molecule has 0 saturated carbocycles. The van der Waals surface area contributed by atoms with Crippen molar-refractivity contribution in [1.29, 1.82) is 0 Å². The van der Waals surface area contributed by atoms with Gasteiger partial charge in [-0.15, -0.1) is 0 Å². The van der Waals surface area contributed by atoms with Gasteiger partial charge in [-0.2, -0.15) is 4.98 Å². The van der Waals surface area contributed by atoms with E-state index in [0.29, 0.717) is 12.6 Å². The first-order valence-corrected chi connectivity index (χ1v) is 10.9. The van der Waals surface area contributed by atoms with Gasteiger partial charge in [-0.25, -0.2) is 13.6 Å². The zero-order chi connectivity index (χ0) is 24.9. The number of carboxylic acids is 1. The van der Waals surface area contributed by atoms with Gasteiger partial charge >= 0.3 is 5.97 Å². The van der Waals surface area contributed by atoms with E-state index in [4.69, 9.17) is 15.2 Å². The van der Waals surface area contributed by atoms with Crippen LogP contribution in [0.25, 0.3) is 16.8 Å². The minimum Gasteiger partial charge on any atom is -0.479 e. The van der Waals surface area contributed by atoms with Crippen molar-refractivity contribution in [3.8, 4) is 34.3 Å². The molecule has 35 heavy (non-hydrogen) atoms. The van der Waals surface area contributed by atoms with E-state index in [-0.39, 0.29) is 12.2 Å². The minimum absolute atomic E-state index is 0.0637. The zero-order valence-corrected chi connectivity index (χ0v) is 18.8. The third-order valence-electron chi connectivity index (χ3n) is 5.27. The van der Waals surface area contributed by atoms with Crippen LogP contribution >= 0.6 is 0 Å². The number of nitrogens with zero attached hydrogens (tertiary/aromatic N) is 2. The van der Waals surface area contributed by atoms with Crippen LogP contribution in [0.5, 0.6) is 17.5 Å². The number of benzene rings is 2. The zero-order valence-electron chi connectivity index (χ0n) is 18.8. The van der Waals surface area contributed by atoms with Crippen molar-refractivity contribution >= 4 is 5.97 Å². The molecule has 4 aromatic rings. The lowest BCUT2D eigenvalue weighted by Gasteiger charge is -2.15. The van der Waals surface area contributed by atoms with Crippen LogP contribution in [0.3, 0.4) is 0 Å². The third kappa shape index (κ3) is 5.47. The Kier molecular flexibility index (Phi) is 7.07. The molecule has 0 aliphatic carbocycles. The van der Waals surface area contributed by atoms with Crippen molar-refractivity contribution in [3.05, 3.63) is 90.3 Å². The van der Waals surface area contributed by atoms with Crippen molar-refractivity contribution in [2.75, 3.05) is 0 Å². The molecule has 1 atom stereocenters. The SMILES string of the molecule is CCC(Oc1nc(Oc2cc(-c3cccc(CN)c3)cc(-n3cccc3)c2)c(F)cc1F)C(=O)O. The first-order valence-electron chi connectivity index (χ1n) is 10.9. The normalized spacial score (nSPS) is 11.8. The standard InChI is InChI=1S/C26H23F2N3O4/c1-2-23(26(32)33)35-25-22(28)14-21(27)24(30-25)34-20-12-18(17-7-5-6-16(10-17)15-29)11-19(13-20)31-8-3-4-9-31/h3-14,23H,2,15,29H2,1H3,(H,32,33). The Morgan fingerprint density at radius 3 is 2.46 bits per heavy atom. The van der Waals surface area contributed by atoms with E-state index in [1.807, 2.05) is 59.4 Å². The molecule has 9 heteroatoms. The molecule has 0 fully saturated rings. The smallest absolute Gasteiger partial charge is 0.344 e. The van der Waals surface area contributed by atoms with Crippen LogP contribution < -0.4 is 15.2 Å². The third-order valence-corrected chi connectivity index (χ3v) is 5.27. The predicted octanol–water partition coefficient (Wildman–Crippen LogP) is 5.31. The first-order chi connectivity index (χ1) is 16.9. The number of hydrogen-bond acceptors (Lipinski definition) is 5. The van der Waals surface area contributed by atoms with Crippen molar-refractivity contribution in [1.82, 2.24) is 9.55 Å². The molecule has 2 heterocycles. The molecule has 0 radical (unpaired) electrons. The minimum atomic E-state index is -1.34. The molecule has 2 aromatic carbocycles. The van der Waals surface area contributed by atoms with E-state index in [1.54, 1.807) is 19.1 Å². The number of halogens is 2. The fraction of sp³-hybridized carbons (Fsp3) is 0.154. The Hall–Kier alpha value is -4.24. The number of aromatic nitrogens is 2. The van der Waals surface area contributed by atoms with E-state index < -0.39 is 35.5 Å². The monoisotopic (exact) mass is 479 g/mol. The molecule has 4 rings (SSSR count). The highest BCUT2D eigenvalue weighted by Crippen LogP contribution is 2.33. The second kappa shape index (κ2) is 10.4. The lowest BCUT2D eigenvalue weighted by Crippen LogP contribution is -2.26. The number of hydrogen-bond donors (Lipinski definition) is 2. The number of aliphatic carboxylic acids is 1.